The molecule has 0 aliphatic carbocycles. The number of benzene rings is 1. The van der Waals surface area contributed by atoms with Crippen LogP contribution < -0.4 is 0 Å². The van der Waals surface area contributed by atoms with Gasteiger partial charge in [0.25, 0.3) is 0 Å². The van der Waals surface area contributed by atoms with E-state index in [0.29, 0.717) is 18.2 Å². The van der Waals surface area contributed by atoms with E-state index in [1.54, 1.807) is 0 Å². The first kappa shape index (κ1) is 12.5. The summed E-state index contributed by atoms with van der Waals surface area (Å²) in [5.74, 6) is -3.94. The van der Waals surface area contributed by atoms with Crippen molar-refractivity contribution in [3.05, 3.63) is 35.1 Å². The largest absolute Gasteiger partial charge is 0.419 e. The zero-order valence-electron chi connectivity index (χ0n) is 7.49. The number of halogens is 6. The third kappa shape index (κ3) is 2.34. The number of carbonyl (C=O) groups is 1. The highest BCUT2D eigenvalue weighted by Crippen LogP contribution is 2.32. The second kappa shape index (κ2) is 4.15. The summed E-state index contributed by atoms with van der Waals surface area (Å²) in [6.45, 7) is 0. The van der Waals surface area contributed by atoms with Gasteiger partial charge in [0, 0.05) is 0 Å². The molecule has 1 rings (SSSR count). The number of rotatable bonds is 2. The van der Waals surface area contributed by atoms with Crippen LogP contribution in [0.2, 0.25) is 0 Å². The Bertz CT molecular complexity index is 409. The predicted molar refractivity (Wildman–Crippen MR) is 41.7 cm³/mol. The molecule has 88 valence electrons. The number of alkyl halides is 5. The molecule has 1 aromatic rings. The number of Topliss-reactive ketones (excluding diaryl/α,β-unsaturated/α-hetero) is 1. The molecule has 16 heavy (non-hydrogen) atoms. The fourth-order valence-corrected chi connectivity index (χ4v) is 1.06. The zero-order chi connectivity index (χ0) is 12.5. The van der Waals surface area contributed by atoms with Crippen LogP contribution in [0.3, 0.4) is 0 Å². The number of hydrogen-bond acceptors (Lipinski definition) is 1. The van der Waals surface area contributed by atoms with E-state index in [0.717, 1.165) is 0 Å². The Hall–Kier alpha value is -1.53. The first-order valence-corrected chi connectivity index (χ1v) is 3.93. The van der Waals surface area contributed by atoms with Crippen molar-refractivity contribution in [3.63, 3.8) is 0 Å². The lowest BCUT2D eigenvalue weighted by molar-refractivity contribution is -0.140. The maximum Gasteiger partial charge on any atom is 0.419 e. The monoisotopic (exact) mass is 242 g/mol. The zero-order valence-corrected chi connectivity index (χ0v) is 7.49. The highest BCUT2D eigenvalue weighted by molar-refractivity contribution is 5.98. The van der Waals surface area contributed by atoms with Gasteiger partial charge >= 0.3 is 12.6 Å². The summed E-state index contributed by atoms with van der Waals surface area (Å²) in [6, 6.07) is 1.65. The average molecular weight is 242 g/mol. The Morgan fingerprint density at radius 3 is 2.19 bits per heavy atom. The molecule has 0 fully saturated rings. The van der Waals surface area contributed by atoms with Crippen molar-refractivity contribution >= 4 is 5.78 Å². The fraction of sp³-hybridized carbons (Fsp3) is 0.222. The molecule has 0 amide bonds. The third-order valence-corrected chi connectivity index (χ3v) is 1.77. The number of carbonyl (C=O) groups excluding carboxylic acids is 1. The van der Waals surface area contributed by atoms with Gasteiger partial charge in [-0.2, -0.15) is 13.2 Å². The van der Waals surface area contributed by atoms with Crippen LogP contribution in [-0.4, -0.2) is 12.2 Å². The van der Waals surface area contributed by atoms with E-state index in [1.165, 1.54) is 0 Å². The number of ketones is 1. The topological polar surface area (TPSA) is 17.1 Å². The van der Waals surface area contributed by atoms with Crippen LogP contribution in [0, 0.1) is 5.82 Å². The molecule has 0 bridgehead atoms. The molecule has 7 heteroatoms. The lowest BCUT2D eigenvalue weighted by atomic mass is 10.1. The second-order valence-electron chi connectivity index (χ2n) is 2.83. The molecule has 0 aliphatic heterocycles. The molecule has 0 N–H and O–H groups in total. The van der Waals surface area contributed by atoms with E-state index in [4.69, 9.17) is 0 Å². The van der Waals surface area contributed by atoms with E-state index in [-0.39, 0.29) is 0 Å². The summed E-state index contributed by atoms with van der Waals surface area (Å²) < 4.78 is 73.4. The Morgan fingerprint density at radius 2 is 1.75 bits per heavy atom. The summed E-state index contributed by atoms with van der Waals surface area (Å²) in [5, 5.41) is 0. The highest BCUT2D eigenvalue weighted by Gasteiger charge is 2.36. The van der Waals surface area contributed by atoms with Gasteiger partial charge in [-0.05, 0) is 12.1 Å². The van der Waals surface area contributed by atoms with Crippen molar-refractivity contribution in [1.82, 2.24) is 0 Å². The summed E-state index contributed by atoms with van der Waals surface area (Å²) >= 11 is 0. The van der Waals surface area contributed by atoms with E-state index in [9.17, 15) is 31.1 Å². The van der Waals surface area contributed by atoms with Gasteiger partial charge in [-0.3, -0.25) is 4.79 Å². The summed E-state index contributed by atoms with van der Waals surface area (Å²) in [7, 11) is 0. The molecule has 0 unspecified atom stereocenters. The van der Waals surface area contributed by atoms with E-state index < -0.39 is 35.3 Å². The second-order valence-corrected chi connectivity index (χ2v) is 2.83. The van der Waals surface area contributed by atoms with Crippen molar-refractivity contribution in [2.24, 2.45) is 0 Å². The molecule has 1 aromatic carbocycles. The van der Waals surface area contributed by atoms with Gasteiger partial charge in [0.15, 0.2) is 0 Å². The minimum absolute atomic E-state index is 0.373. The van der Waals surface area contributed by atoms with Crippen LogP contribution in [-0.2, 0) is 6.18 Å². The first-order valence-electron chi connectivity index (χ1n) is 3.93. The summed E-state index contributed by atoms with van der Waals surface area (Å²) in [5.41, 5.74) is -3.00. The summed E-state index contributed by atoms with van der Waals surface area (Å²) in [4.78, 5) is 10.7. The molecular formula is C9H4F6O. The molecule has 0 saturated heterocycles. The van der Waals surface area contributed by atoms with Gasteiger partial charge in [0.2, 0.25) is 5.78 Å². The average Bonchev–Trinajstić information content (AvgIpc) is 2.15. The SMILES string of the molecule is O=C(c1cccc(C(F)(F)F)c1F)C(F)F. The Kier molecular flexibility index (Phi) is 3.25. The summed E-state index contributed by atoms with van der Waals surface area (Å²) in [6.07, 6.45) is -8.57. The molecule has 0 spiro atoms. The minimum atomic E-state index is -5.03. The molecule has 0 atom stereocenters. The molecule has 0 radical (unpaired) electrons. The third-order valence-electron chi connectivity index (χ3n) is 1.77. The lowest BCUT2D eigenvalue weighted by Gasteiger charge is -2.10. The van der Waals surface area contributed by atoms with Crippen LogP contribution >= 0.6 is 0 Å². The van der Waals surface area contributed by atoms with E-state index in [1.807, 2.05) is 0 Å². The standard InChI is InChI=1S/C9H4F6O/c10-6-4(7(16)8(11)12)2-1-3-5(6)9(13,14)15/h1-3,8H. The van der Waals surface area contributed by atoms with Gasteiger partial charge < -0.3 is 0 Å². The Labute approximate surface area is 85.7 Å². The van der Waals surface area contributed by atoms with Crippen LogP contribution in [0.25, 0.3) is 0 Å². The van der Waals surface area contributed by atoms with Crippen LogP contribution in [0.5, 0.6) is 0 Å². The van der Waals surface area contributed by atoms with E-state index in [2.05, 4.69) is 0 Å². The quantitative estimate of drug-likeness (QED) is 0.574. The molecule has 0 aromatic heterocycles. The maximum atomic E-state index is 13.1. The van der Waals surface area contributed by atoms with Crippen LogP contribution in [0.15, 0.2) is 18.2 Å². The van der Waals surface area contributed by atoms with Crippen molar-refractivity contribution in [3.8, 4) is 0 Å². The van der Waals surface area contributed by atoms with Crippen molar-refractivity contribution in [2.45, 2.75) is 12.6 Å². The van der Waals surface area contributed by atoms with Gasteiger partial charge in [-0.1, -0.05) is 6.07 Å². The van der Waals surface area contributed by atoms with Gasteiger partial charge in [-0.25, -0.2) is 13.2 Å². The lowest BCUT2D eigenvalue weighted by Crippen LogP contribution is -2.16. The minimum Gasteiger partial charge on any atom is -0.288 e. The smallest absolute Gasteiger partial charge is 0.288 e. The molecule has 0 aliphatic rings. The first-order chi connectivity index (χ1) is 7.25. The van der Waals surface area contributed by atoms with Gasteiger partial charge in [0.1, 0.15) is 5.82 Å². The number of hydrogen-bond donors (Lipinski definition) is 0. The van der Waals surface area contributed by atoms with Crippen LogP contribution in [0.4, 0.5) is 26.3 Å². The van der Waals surface area contributed by atoms with Crippen LogP contribution in [0.1, 0.15) is 15.9 Å². The molecular weight excluding hydrogens is 238 g/mol. The predicted octanol–water partition coefficient (Wildman–Crippen LogP) is 3.29. The fourth-order valence-electron chi connectivity index (χ4n) is 1.06. The maximum absolute atomic E-state index is 13.1. The van der Waals surface area contributed by atoms with Crippen molar-refractivity contribution in [1.29, 1.82) is 0 Å². The van der Waals surface area contributed by atoms with Crippen molar-refractivity contribution in [2.75, 3.05) is 0 Å². The van der Waals surface area contributed by atoms with Gasteiger partial charge in [-0.15, -0.1) is 0 Å². The normalized spacial score (nSPS) is 11.9. The van der Waals surface area contributed by atoms with E-state index >= 15 is 0 Å². The van der Waals surface area contributed by atoms with Gasteiger partial charge in [0.05, 0.1) is 11.1 Å². The van der Waals surface area contributed by atoms with Crippen molar-refractivity contribution < 1.29 is 31.1 Å². The molecule has 1 nitrogen and oxygen atoms in total. The Balaban J connectivity index is 3.30. The Morgan fingerprint density at radius 1 is 1.19 bits per heavy atom. The molecule has 0 heterocycles. The molecule has 0 saturated carbocycles. The highest BCUT2D eigenvalue weighted by atomic mass is 19.4.